The van der Waals surface area contributed by atoms with Gasteiger partial charge in [0, 0.05) is 36.5 Å². The van der Waals surface area contributed by atoms with Gasteiger partial charge in [-0.25, -0.2) is 8.42 Å². The van der Waals surface area contributed by atoms with E-state index in [4.69, 9.17) is 11.6 Å². The van der Waals surface area contributed by atoms with E-state index in [1.54, 1.807) is 29.2 Å². The summed E-state index contributed by atoms with van der Waals surface area (Å²) < 4.78 is 26.4. The average molecular weight is 598 g/mol. The van der Waals surface area contributed by atoms with Crippen LogP contribution in [0.1, 0.15) is 50.3 Å². The highest BCUT2D eigenvalue weighted by molar-refractivity contribution is 7.92. The lowest BCUT2D eigenvalue weighted by Crippen LogP contribution is -2.54. The van der Waals surface area contributed by atoms with Crippen LogP contribution in [0.5, 0.6) is 0 Å². The molecule has 0 spiro atoms. The lowest BCUT2D eigenvalue weighted by atomic mass is 10.00. The highest BCUT2D eigenvalue weighted by atomic mass is 35.5. The molecule has 0 aliphatic carbocycles. The number of nitrogens with one attached hydrogen (secondary N) is 1. The van der Waals surface area contributed by atoms with Crippen LogP contribution in [0.4, 0.5) is 5.69 Å². The van der Waals surface area contributed by atoms with E-state index in [2.05, 4.69) is 5.32 Å². The second-order valence-electron chi connectivity index (χ2n) is 11.4. The molecule has 0 aromatic heterocycles. The van der Waals surface area contributed by atoms with Crippen molar-refractivity contribution in [2.75, 3.05) is 17.1 Å². The van der Waals surface area contributed by atoms with E-state index < -0.39 is 21.6 Å². The van der Waals surface area contributed by atoms with Crippen molar-refractivity contribution in [1.29, 1.82) is 0 Å². The number of rotatable bonds is 12. The molecule has 1 unspecified atom stereocenters. The molecule has 0 heterocycles. The van der Waals surface area contributed by atoms with Gasteiger partial charge in [0.25, 0.3) is 0 Å². The number of carbonyl (C=O) groups excluding carboxylic acids is 2. The zero-order valence-electron chi connectivity index (χ0n) is 24.4. The molecule has 0 aliphatic heterocycles. The summed E-state index contributed by atoms with van der Waals surface area (Å²) in [5.41, 5.74) is 2.89. The summed E-state index contributed by atoms with van der Waals surface area (Å²) in [6.45, 7) is 8.07. The topological polar surface area (TPSA) is 86.8 Å². The van der Waals surface area contributed by atoms with Crippen LogP contribution in [-0.2, 0) is 32.6 Å². The van der Waals surface area contributed by atoms with Crippen molar-refractivity contribution in [3.05, 3.63) is 101 Å². The van der Waals surface area contributed by atoms with Crippen LogP contribution >= 0.6 is 11.6 Å². The summed E-state index contributed by atoms with van der Waals surface area (Å²) in [5, 5.41) is 3.48. The minimum Gasteiger partial charge on any atom is -0.350 e. The molecular weight excluding hydrogens is 558 g/mol. The maximum absolute atomic E-state index is 13.9. The van der Waals surface area contributed by atoms with Gasteiger partial charge in [-0.2, -0.15) is 0 Å². The Kier molecular flexibility index (Phi) is 11.0. The number of hydrogen-bond donors (Lipinski definition) is 1. The summed E-state index contributed by atoms with van der Waals surface area (Å²) in [5.74, 6) is -0.464. The molecule has 0 saturated heterocycles. The first-order valence-corrected chi connectivity index (χ1v) is 15.9. The molecule has 41 heavy (non-hydrogen) atoms. The fourth-order valence-electron chi connectivity index (χ4n) is 4.53. The number of nitrogens with zero attached hydrogens (tertiary/aromatic N) is 2. The van der Waals surface area contributed by atoms with Gasteiger partial charge in [-0.05, 0) is 63.4 Å². The van der Waals surface area contributed by atoms with Gasteiger partial charge in [0.05, 0.1) is 11.9 Å². The highest BCUT2D eigenvalue weighted by Crippen LogP contribution is 2.23. The van der Waals surface area contributed by atoms with E-state index >= 15 is 0 Å². The van der Waals surface area contributed by atoms with Crippen LogP contribution in [-0.4, -0.2) is 49.5 Å². The van der Waals surface area contributed by atoms with Crippen LogP contribution < -0.4 is 9.62 Å². The Morgan fingerprint density at radius 2 is 1.59 bits per heavy atom. The van der Waals surface area contributed by atoms with Gasteiger partial charge >= 0.3 is 0 Å². The van der Waals surface area contributed by atoms with E-state index in [1.165, 1.54) is 4.31 Å². The largest absolute Gasteiger partial charge is 0.350 e. The summed E-state index contributed by atoms with van der Waals surface area (Å²) in [6, 6.07) is 23.4. The van der Waals surface area contributed by atoms with Crippen LogP contribution in [0.2, 0.25) is 5.02 Å². The zero-order chi connectivity index (χ0) is 30.2. The maximum Gasteiger partial charge on any atom is 0.243 e. The third-order valence-corrected chi connectivity index (χ3v) is 7.92. The third-order valence-electron chi connectivity index (χ3n) is 6.49. The Labute approximate surface area is 249 Å². The number of amides is 2. The van der Waals surface area contributed by atoms with Crippen LogP contribution in [0.3, 0.4) is 0 Å². The van der Waals surface area contributed by atoms with Gasteiger partial charge in [-0.3, -0.25) is 13.9 Å². The molecule has 9 heteroatoms. The van der Waals surface area contributed by atoms with Crippen molar-refractivity contribution in [2.24, 2.45) is 0 Å². The molecular formula is C32H40ClN3O4S. The van der Waals surface area contributed by atoms with Crippen molar-refractivity contribution >= 4 is 39.1 Å². The first kappa shape index (κ1) is 32.2. The van der Waals surface area contributed by atoms with Gasteiger partial charge in [-0.1, -0.05) is 77.8 Å². The molecule has 1 N–H and O–H groups in total. The summed E-state index contributed by atoms with van der Waals surface area (Å²) in [7, 11) is -3.61. The van der Waals surface area contributed by atoms with Crippen molar-refractivity contribution in [3.63, 3.8) is 0 Å². The lowest BCUT2D eigenvalue weighted by Gasteiger charge is -2.34. The molecule has 0 bridgehead atoms. The van der Waals surface area contributed by atoms with Crippen molar-refractivity contribution in [2.45, 2.75) is 65.1 Å². The van der Waals surface area contributed by atoms with Crippen LogP contribution in [0.15, 0.2) is 78.9 Å². The smallest absolute Gasteiger partial charge is 0.243 e. The van der Waals surface area contributed by atoms with Gasteiger partial charge in [0.2, 0.25) is 21.8 Å². The number of anilines is 1. The summed E-state index contributed by atoms with van der Waals surface area (Å²) in [6.07, 6.45) is 1.80. The Morgan fingerprint density at radius 3 is 2.17 bits per heavy atom. The number of hydrogen-bond acceptors (Lipinski definition) is 4. The number of carbonyl (C=O) groups is 2. The molecule has 2 amide bonds. The minimum absolute atomic E-state index is 0.0620. The van der Waals surface area contributed by atoms with E-state index in [1.807, 2.05) is 82.3 Å². The van der Waals surface area contributed by atoms with Gasteiger partial charge in [0.15, 0.2) is 0 Å². The van der Waals surface area contributed by atoms with E-state index in [9.17, 15) is 18.0 Å². The maximum atomic E-state index is 13.9. The monoisotopic (exact) mass is 597 g/mol. The standard InChI is InChI=1S/C32H40ClN3O4S/c1-24-16-18-26(19-17-24)23-35(29(31(38)34-32(2,3)4)21-25-11-7-6-8-12-25)30(37)15-10-20-36(41(5,39)40)28-14-9-13-27(33)22-28/h6-9,11-14,16-19,22,29H,10,15,20-21,23H2,1-5H3,(H,34,38). The van der Waals surface area contributed by atoms with Crippen molar-refractivity contribution in [1.82, 2.24) is 10.2 Å². The summed E-state index contributed by atoms with van der Waals surface area (Å²) in [4.78, 5) is 29.2. The molecule has 1 atom stereocenters. The zero-order valence-corrected chi connectivity index (χ0v) is 26.0. The predicted molar refractivity (Wildman–Crippen MR) is 166 cm³/mol. The Bertz CT molecular complexity index is 1420. The van der Waals surface area contributed by atoms with E-state index in [0.717, 1.165) is 22.9 Å². The first-order valence-electron chi connectivity index (χ1n) is 13.7. The number of benzene rings is 3. The Hall–Kier alpha value is -3.36. The average Bonchev–Trinajstić information content (AvgIpc) is 2.88. The SMILES string of the molecule is Cc1ccc(CN(C(=O)CCCN(c2cccc(Cl)c2)S(C)(=O)=O)C(Cc2ccccc2)C(=O)NC(C)(C)C)cc1. The minimum atomic E-state index is -3.61. The molecule has 3 rings (SSSR count). The third kappa shape index (κ3) is 10.2. The highest BCUT2D eigenvalue weighted by Gasteiger charge is 2.32. The molecule has 0 aliphatic rings. The first-order chi connectivity index (χ1) is 19.2. The van der Waals surface area contributed by atoms with Crippen molar-refractivity contribution in [3.8, 4) is 0 Å². The normalized spacial score (nSPS) is 12.4. The Balaban J connectivity index is 1.90. The molecule has 0 radical (unpaired) electrons. The molecule has 220 valence electrons. The molecule has 7 nitrogen and oxygen atoms in total. The van der Waals surface area contributed by atoms with E-state index in [-0.39, 0.29) is 37.7 Å². The quantitative estimate of drug-likeness (QED) is 0.288. The molecule has 3 aromatic rings. The number of aryl methyl sites for hydroxylation is 1. The molecule has 0 fully saturated rings. The van der Waals surface area contributed by atoms with Crippen LogP contribution in [0, 0.1) is 6.92 Å². The number of halogens is 1. The molecule has 0 saturated carbocycles. The van der Waals surface area contributed by atoms with Crippen molar-refractivity contribution < 1.29 is 18.0 Å². The second-order valence-corrected chi connectivity index (χ2v) is 13.7. The lowest BCUT2D eigenvalue weighted by molar-refractivity contribution is -0.142. The second kappa shape index (κ2) is 14.0. The Morgan fingerprint density at radius 1 is 0.927 bits per heavy atom. The van der Waals surface area contributed by atoms with Gasteiger partial charge < -0.3 is 10.2 Å². The van der Waals surface area contributed by atoms with Gasteiger partial charge in [-0.15, -0.1) is 0 Å². The predicted octanol–water partition coefficient (Wildman–Crippen LogP) is 5.75. The summed E-state index contributed by atoms with van der Waals surface area (Å²) >= 11 is 6.11. The fraction of sp³-hybridized carbons (Fsp3) is 0.375. The number of sulfonamides is 1. The van der Waals surface area contributed by atoms with Crippen LogP contribution in [0.25, 0.3) is 0 Å². The van der Waals surface area contributed by atoms with Gasteiger partial charge in [0.1, 0.15) is 6.04 Å². The molecule has 3 aromatic carbocycles. The van der Waals surface area contributed by atoms with E-state index in [0.29, 0.717) is 17.1 Å². The fourth-order valence-corrected chi connectivity index (χ4v) is 5.67.